The van der Waals surface area contributed by atoms with Crippen molar-refractivity contribution in [2.75, 3.05) is 0 Å². The lowest BCUT2D eigenvalue weighted by Crippen LogP contribution is -1.96. The highest BCUT2D eigenvalue weighted by atomic mass is 79.9. The second-order valence-electron chi connectivity index (χ2n) is 6.47. The maximum absolute atomic E-state index is 13.4. The molecule has 0 saturated carbocycles. The SMILES string of the molecule is O=C(O)c1ccnc(C=Cc2cn(-c3ccc(Br)cc3)nc2-c2ccc(F)cc2)c1. The summed E-state index contributed by atoms with van der Waals surface area (Å²) in [4.78, 5) is 15.4. The van der Waals surface area contributed by atoms with Gasteiger partial charge in [-0.1, -0.05) is 15.9 Å². The predicted octanol–water partition coefficient (Wildman–Crippen LogP) is 5.70. The number of carboxylic acids is 1. The van der Waals surface area contributed by atoms with Gasteiger partial charge in [-0.3, -0.25) is 4.98 Å². The van der Waals surface area contributed by atoms with E-state index < -0.39 is 5.97 Å². The average molecular weight is 464 g/mol. The summed E-state index contributed by atoms with van der Waals surface area (Å²) in [5.41, 5.74) is 3.76. The van der Waals surface area contributed by atoms with Crippen LogP contribution in [0.25, 0.3) is 29.1 Å². The van der Waals surface area contributed by atoms with Crippen LogP contribution in [-0.2, 0) is 0 Å². The summed E-state index contributed by atoms with van der Waals surface area (Å²) >= 11 is 3.42. The number of aromatic carboxylic acids is 1. The Hall–Kier alpha value is -3.58. The summed E-state index contributed by atoms with van der Waals surface area (Å²) in [6.07, 6.45) is 6.85. The topological polar surface area (TPSA) is 68.0 Å². The first-order valence-corrected chi connectivity index (χ1v) is 9.78. The van der Waals surface area contributed by atoms with Gasteiger partial charge in [0, 0.05) is 28.0 Å². The Morgan fingerprint density at radius 1 is 1.03 bits per heavy atom. The van der Waals surface area contributed by atoms with Crippen LogP contribution in [0.3, 0.4) is 0 Å². The largest absolute Gasteiger partial charge is 0.478 e. The number of carbonyl (C=O) groups is 1. The van der Waals surface area contributed by atoms with Crippen molar-refractivity contribution in [3.05, 3.63) is 100 Å². The number of hydrogen-bond acceptors (Lipinski definition) is 3. The number of halogens is 2. The Morgan fingerprint density at radius 2 is 1.77 bits per heavy atom. The minimum atomic E-state index is -1.01. The lowest BCUT2D eigenvalue weighted by Gasteiger charge is -2.01. The van der Waals surface area contributed by atoms with Crippen molar-refractivity contribution < 1.29 is 14.3 Å². The van der Waals surface area contributed by atoms with E-state index in [9.17, 15) is 9.18 Å². The maximum atomic E-state index is 13.4. The molecule has 1 N–H and O–H groups in total. The highest BCUT2D eigenvalue weighted by Crippen LogP contribution is 2.26. The zero-order valence-corrected chi connectivity index (χ0v) is 17.1. The summed E-state index contributed by atoms with van der Waals surface area (Å²) in [5.74, 6) is -1.33. The number of rotatable bonds is 5. The first-order chi connectivity index (χ1) is 14.5. The van der Waals surface area contributed by atoms with E-state index in [-0.39, 0.29) is 11.4 Å². The first kappa shape index (κ1) is 19.7. The number of nitrogens with zero attached hydrogens (tertiary/aromatic N) is 3. The van der Waals surface area contributed by atoms with Gasteiger partial charge in [-0.2, -0.15) is 5.10 Å². The van der Waals surface area contributed by atoms with Crippen LogP contribution in [-0.4, -0.2) is 25.8 Å². The summed E-state index contributed by atoms with van der Waals surface area (Å²) in [5, 5.41) is 13.8. The Labute approximate surface area is 180 Å². The Bertz CT molecular complexity index is 1230. The number of benzene rings is 2. The van der Waals surface area contributed by atoms with Gasteiger partial charge < -0.3 is 5.11 Å². The molecule has 0 aliphatic rings. The molecule has 0 spiro atoms. The normalized spacial score (nSPS) is 11.1. The number of carboxylic acid groups (broad SMARTS) is 1. The van der Waals surface area contributed by atoms with E-state index in [2.05, 4.69) is 26.0 Å². The molecule has 0 radical (unpaired) electrons. The lowest BCUT2D eigenvalue weighted by molar-refractivity contribution is 0.0696. The molecule has 148 valence electrons. The van der Waals surface area contributed by atoms with E-state index in [1.165, 1.54) is 30.5 Å². The number of aromatic nitrogens is 3. The van der Waals surface area contributed by atoms with Crippen LogP contribution in [0.1, 0.15) is 21.6 Å². The molecule has 4 aromatic rings. The van der Waals surface area contributed by atoms with Crippen molar-refractivity contribution in [3.63, 3.8) is 0 Å². The van der Waals surface area contributed by atoms with Crippen molar-refractivity contribution in [2.45, 2.75) is 0 Å². The van der Waals surface area contributed by atoms with Crippen molar-refractivity contribution in [3.8, 4) is 16.9 Å². The van der Waals surface area contributed by atoms with Crippen LogP contribution in [0, 0.1) is 5.82 Å². The number of hydrogen-bond donors (Lipinski definition) is 1. The minimum absolute atomic E-state index is 0.161. The molecule has 0 fully saturated rings. The van der Waals surface area contributed by atoms with Gasteiger partial charge in [-0.05, 0) is 72.8 Å². The van der Waals surface area contributed by atoms with Gasteiger partial charge >= 0.3 is 5.97 Å². The van der Waals surface area contributed by atoms with Gasteiger partial charge in [-0.25, -0.2) is 13.9 Å². The van der Waals surface area contributed by atoms with Crippen LogP contribution in [0.2, 0.25) is 0 Å². The fourth-order valence-electron chi connectivity index (χ4n) is 2.92. The molecule has 0 bridgehead atoms. The molecule has 2 heterocycles. The van der Waals surface area contributed by atoms with Gasteiger partial charge in [0.2, 0.25) is 0 Å². The molecule has 2 aromatic carbocycles. The highest BCUT2D eigenvalue weighted by Gasteiger charge is 2.11. The van der Waals surface area contributed by atoms with Crippen molar-refractivity contribution in [1.82, 2.24) is 14.8 Å². The molecule has 2 aromatic heterocycles. The lowest BCUT2D eigenvalue weighted by atomic mass is 10.1. The predicted molar refractivity (Wildman–Crippen MR) is 117 cm³/mol. The van der Waals surface area contributed by atoms with Crippen LogP contribution in [0.15, 0.2) is 77.5 Å². The van der Waals surface area contributed by atoms with Gasteiger partial charge in [0.05, 0.1) is 22.6 Å². The van der Waals surface area contributed by atoms with E-state index in [0.717, 1.165) is 21.3 Å². The Balaban J connectivity index is 1.76. The number of pyridine rings is 1. The standard InChI is InChI=1S/C23H15BrFN3O2/c24-18-4-9-21(10-5-18)28-14-17(22(27-28)15-1-6-19(25)7-2-15)3-8-20-13-16(23(29)30)11-12-26-20/h1-14H,(H,29,30). The third-order valence-electron chi connectivity index (χ3n) is 4.41. The smallest absolute Gasteiger partial charge is 0.335 e. The second-order valence-corrected chi connectivity index (χ2v) is 7.38. The van der Waals surface area contributed by atoms with Crippen molar-refractivity contribution in [2.24, 2.45) is 0 Å². The van der Waals surface area contributed by atoms with E-state index in [4.69, 9.17) is 5.11 Å². The van der Waals surface area contributed by atoms with Gasteiger partial charge in [0.15, 0.2) is 0 Å². The monoisotopic (exact) mass is 463 g/mol. The molecule has 0 aliphatic heterocycles. The van der Waals surface area contributed by atoms with E-state index in [1.54, 1.807) is 22.9 Å². The molecule has 5 nitrogen and oxygen atoms in total. The fraction of sp³-hybridized carbons (Fsp3) is 0. The summed E-state index contributed by atoms with van der Waals surface area (Å²) in [7, 11) is 0. The molecule has 30 heavy (non-hydrogen) atoms. The Morgan fingerprint density at radius 3 is 2.47 bits per heavy atom. The molecular weight excluding hydrogens is 449 g/mol. The quantitative estimate of drug-likeness (QED) is 0.411. The third kappa shape index (κ3) is 4.36. The molecule has 0 aliphatic carbocycles. The molecule has 0 amide bonds. The van der Waals surface area contributed by atoms with Crippen LogP contribution in [0.4, 0.5) is 4.39 Å². The molecule has 7 heteroatoms. The average Bonchev–Trinajstić information content (AvgIpc) is 3.18. The highest BCUT2D eigenvalue weighted by molar-refractivity contribution is 9.10. The summed E-state index contributed by atoms with van der Waals surface area (Å²) < 4.78 is 16.1. The van der Waals surface area contributed by atoms with Gasteiger partial charge in [0.25, 0.3) is 0 Å². The zero-order chi connectivity index (χ0) is 21.1. The molecule has 0 unspecified atom stereocenters. The van der Waals surface area contributed by atoms with Crippen LogP contribution < -0.4 is 0 Å². The summed E-state index contributed by atoms with van der Waals surface area (Å²) in [6.45, 7) is 0. The van der Waals surface area contributed by atoms with Gasteiger partial charge in [0.1, 0.15) is 5.82 Å². The second kappa shape index (κ2) is 8.42. The molecule has 0 saturated heterocycles. The van der Waals surface area contributed by atoms with Crippen molar-refractivity contribution >= 4 is 34.1 Å². The van der Waals surface area contributed by atoms with E-state index >= 15 is 0 Å². The Kier molecular flexibility index (Phi) is 5.54. The zero-order valence-electron chi connectivity index (χ0n) is 15.5. The van der Waals surface area contributed by atoms with Crippen LogP contribution in [0.5, 0.6) is 0 Å². The van der Waals surface area contributed by atoms with E-state index in [1.807, 2.05) is 36.5 Å². The molecule has 4 rings (SSSR count). The fourth-order valence-corrected chi connectivity index (χ4v) is 3.18. The van der Waals surface area contributed by atoms with Gasteiger partial charge in [-0.15, -0.1) is 0 Å². The third-order valence-corrected chi connectivity index (χ3v) is 4.94. The molecule has 0 atom stereocenters. The van der Waals surface area contributed by atoms with Crippen LogP contribution >= 0.6 is 15.9 Å². The summed E-state index contributed by atoms with van der Waals surface area (Å²) in [6, 6.07) is 16.8. The van der Waals surface area contributed by atoms with Crippen molar-refractivity contribution in [1.29, 1.82) is 0 Å². The molecular formula is C23H15BrFN3O2. The first-order valence-electron chi connectivity index (χ1n) is 8.98. The minimum Gasteiger partial charge on any atom is -0.478 e. The van der Waals surface area contributed by atoms with E-state index in [0.29, 0.717) is 11.4 Å². The maximum Gasteiger partial charge on any atom is 0.335 e.